The van der Waals surface area contributed by atoms with Crippen LogP contribution in [0.3, 0.4) is 0 Å². The summed E-state index contributed by atoms with van der Waals surface area (Å²) in [5.41, 5.74) is -0.0831. The minimum absolute atomic E-state index is 0.0831. The number of rotatable bonds is 9. The van der Waals surface area contributed by atoms with Gasteiger partial charge in [0.1, 0.15) is 0 Å². The molecule has 2 aliphatic rings. The zero-order valence-electron chi connectivity index (χ0n) is 14.1. The largest absolute Gasteiger partial charge is 0.394 e. The quantitative estimate of drug-likeness (QED) is 0.639. The lowest BCUT2D eigenvalue weighted by molar-refractivity contribution is 0.0446. The average Bonchev–Trinajstić information content (AvgIpc) is 3.27. The molecule has 0 saturated heterocycles. The highest BCUT2D eigenvalue weighted by molar-refractivity contribution is 4.96. The molecule has 0 aromatic rings. The van der Waals surface area contributed by atoms with Crippen molar-refractivity contribution in [1.82, 2.24) is 10.2 Å². The van der Waals surface area contributed by atoms with E-state index in [1.807, 2.05) is 0 Å². The van der Waals surface area contributed by atoms with Gasteiger partial charge in [-0.05, 0) is 51.5 Å². The third-order valence-corrected chi connectivity index (χ3v) is 4.98. The number of hydrogen-bond acceptors (Lipinski definition) is 4. The number of aliphatic hydroxyl groups excluding tert-OH is 1. The molecule has 2 aliphatic carbocycles. The Bertz CT molecular complexity index is 307. The third-order valence-electron chi connectivity index (χ3n) is 4.98. The summed E-state index contributed by atoms with van der Waals surface area (Å²) in [4.78, 5) is 2.43. The topological polar surface area (TPSA) is 44.7 Å². The summed E-state index contributed by atoms with van der Waals surface area (Å²) in [6.07, 6.45) is 7.28. The summed E-state index contributed by atoms with van der Waals surface area (Å²) in [5, 5.41) is 13.5. The van der Waals surface area contributed by atoms with Crippen molar-refractivity contribution in [3.63, 3.8) is 0 Å². The first-order valence-electron chi connectivity index (χ1n) is 8.71. The van der Waals surface area contributed by atoms with E-state index >= 15 is 0 Å². The predicted molar refractivity (Wildman–Crippen MR) is 86.5 cm³/mol. The molecule has 0 aromatic heterocycles. The maximum atomic E-state index is 9.87. The molecule has 4 heteroatoms. The first-order valence-corrected chi connectivity index (χ1v) is 8.71. The first-order chi connectivity index (χ1) is 10.0. The number of ether oxygens (including phenoxy) is 1. The van der Waals surface area contributed by atoms with Gasteiger partial charge in [0.15, 0.2) is 0 Å². The van der Waals surface area contributed by atoms with Crippen molar-refractivity contribution in [2.75, 3.05) is 33.4 Å². The van der Waals surface area contributed by atoms with Gasteiger partial charge < -0.3 is 20.1 Å². The Morgan fingerprint density at radius 2 is 2.10 bits per heavy atom. The van der Waals surface area contributed by atoms with E-state index in [9.17, 15) is 5.11 Å². The van der Waals surface area contributed by atoms with Crippen LogP contribution in [0.15, 0.2) is 0 Å². The van der Waals surface area contributed by atoms with E-state index in [0.717, 1.165) is 38.5 Å². The second-order valence-electron chi connectivity index (χ2n) is 7.49. The smallest absolute Gasteiger partial charge is 0.0613 e. The number of hydrogen-bond donors (Lipinski definition) is 2. The number of likely N-dealkylation sites (N-methyl/N-ethyl adjacent to an activating group) is 1. The molecule has 2 saturated carbocycles. The highest BCUT2D eigenvalue weighted by Crippen LogP contribution is 2.31. The number of nitrogens with one attached hydrogen (secondary N) is 1. The van der Waals surface area contributed by atoms with Gasteiger partial charge in [-0.25, -0.2) is 0 Å². The molecule has 2 rings (SSSR count). The van der Waals surface area contributed by atoms with Crippen molar-refractivity contribution in [3.8, 4) is 0 Å². The zero-order valence-corrected chi connectivity index (χ0v) is 14.1. The lowest BCUT2D eigenvalue weighted by Crippen LogP contribution is -2.57. The molecule has 0 aromatic carbocycles. The van der Waals surface area contributed by atoms with Crippen molar-refractivity contribution in [3.05, 3.63) is 0 Å². The van der Waals surface area contributed by atoms with Crippen molar-refractivity contribution < 1.29 is 9.84 Å². The number of aliphatic hydroxyl groups is 1. The van der Waals surface area contributed by atoms with Crippen LogP contribution in [0.5, 0.6) is 0 Å². The van der Waals surface area contributed by atoms with Crippen LogP contribution in [0.2, 0.25) is 0 Å². The zero-order chi connectivity index (χ0) is 15.3. The fourth-order valence-electron chi connectivity index (χ4n) is 3.57. The fourth-order valence-corrected chi connectivity index (χ4v) is 3.57. The fraction of sp³-hybridized carbons (Fsp3) is 1.00. The van der Waals surface area contributed by atoms with E-state index in [0.29, 0.717) is 12.1 Å². The highest BCUT2D eigenvalue weighted by atomic mass is 16.5. The summed E-state index contributed by atoms with van der Waals surface area (Å²) in [6, 6.07) is 0.977. The lowest BCUT2D eigenvalue weighted by Gasteiger charge is -2.44. The van der Waals surface area contributed by atoms with Crippen LogP contribution in [0, 0.1) is 5.92 Å². The minimum atomic E-state index is -0.0831. The Morgan fingerprint density at radius 3 is 2.71 bits per heavy atom. The molecule has 124 valence electrons. The molecule has 0 heterocycles. The van der Waals surface area contributed by atoms with Gasteiger partial charge in [-0.2, -0.15) is 0 Å². The van der Waals surface area contributed by atoms with Crippen molar-refractivity contribution in [2.45, 2.75) is 70.0 Å². The van der Waals surface area contributed by atoms with Crippen LogP contribution < -0.4 is 5.32 Å². The van der Waals surface area contributed by atoms with E-state index in [1.165, 1.54) is 25.7 Å². The second kappa shape index (κ2) is 7.91. The SMILES string of the molecule is CC(C)NC1(CO)CCCC(N(C)CCOCC2CC2)C1. The van der Waals surface area contributed by atoms with Crippen LogP contribution >= 0.6 is 0 Å². The molecule has 2 unspecified atom stereocenters. The van der Waals surface area contributed by atoms with Gasteiger partial charge in [0.25, 0.3) is 0 Å². The van der Waals surface area contributed by atoms with E-state index in [4.69, 9.17) is 4.74 Å². The maximum Gasteiger partial charge on any atom is 0.0613 e. The summed E-state index contributed by atoms with van der Waals surface area (Å²) in [5.74, 6) is 0.849. The van der Waals surface area contributed by atoms with Crippen molar-refractivity contribution >= 4 is 0 Å². The van der Waals surface area contributed by atoms with E-state index in [2.05, 4.69) is 31.1 Å². The standard InChI is InChI=1S/C17H34N2O2/c1-14(2)18-17(13-20)8-4-5-16(11-17)19(3)9-10-21-12-15-6-7-15/h14-16,18,20H,4-13H2,1-3H3. The van der Waals surface area contributed by atoms with Gasteiger partial charge in [-0.1, -0.05) is 13.8 Å². The third kappa shape index (κ3) is 5.51. The van der Waals surface area contributed by atoms with Gasteiger partial charge in [-0.15, -0.1) is 0 Å². The average molecular weight is 298 g/mol. The maximum absolute atomic E-state index is 9.87. The Kier molecular flexibility index (Phi) is 6.48. The molecule has 0 bridgehead atoms. The molecule has 2 atom stereocenters. The Morgan fingerprint density at radius 1 is 1.33 bits per heavy atom. The van der Waals surface area contributed by atoms with Gasteiger partial charge in [0.05, 0.1) is 13.2 Å². The molecule has 21 heavy (non-hydrogen) atoms. The van der Waals surface area contributed by atoms with Crippen molar-refractivity contribution in [2.24, 2.45) is 5.92 Å². The molecule has 0 amide bonds. The normalized spacial score (nSPS) is 30.3. The predicted octanol–water partition coefficient (Wildman–Crippen LogP) is 2.02. The number of nitrogens with zero attached hydrogens (tertiary/aromatic N) is 1. The van der Waals surface area contributed by atoms with Gasteiger partial charge in [0.2, 0.25) is 0 Å². The molecule has 2 fully saturated rings. The Hall–Kier alpha value is -0.160. The highest BCUT2D eigenvalue weighted by Gasteiger charge is 2.37. The van der Waals surface area contributed by atoms with Crippen LogP contribution in [-0.2, 0) is 4.74 Å². The molecule has 0 spiro atoms. The molecule has 4 nitrogen and oxygen atoms in total. The van der Waals surface area contributed by atoms with Gasteiger partial charge in [0, 0.05) is 30.8 Å². The first kappa shape index (κ1) is 17.2. The van der Waals surface area contributed by atoms with Crippen LogP contribution in [0.4, 0.5) is 0 Å². The van der Waals surface area contributed by atoms with E-state index in [-0.39, 0.29) is 12.1 Å². The lowest BCUT2D eigenvalue weighted by atomic mass is 9.78. The monoisotopic (exact) mass is 298 g/mol. The van der Waals surface area contributed by atoms with E-state index in [1.54, 1.807) is 0 Å². The Labute approximate surface area is 130 Å². The Balaban J connectivity index is 1.75. The summed E-state index contributed by atoms with van der Waals surface area (Å²) < 4.78 is 5.76. The van der Waals surface area contributed by atoms with Gasteiger partial charge >= 0.3 is 0 Å². The molecular formula is C17H34N2O2. The van der Waals surface area contributed by atoms with Crippen LogP contribution in [0.25, 0.3) is 0 Å². The second-order valence-corrected chi connectivity index (χ2v) is 7.49. The molecule has 0 radical (unpaired) electrons. The summed E-state index contributed by atoms with van der Waals surface area (Å²) in [7, 11) is 2.20. The van der Waals surface area contributed by atoms with Crippen LogP contribution in [0.1, 0.15) is 52.4 Å². The minimum Gasteiger partial charge on any atom is -0.394 e. The van der Waals surface area contributed by atoms with Crippen LogP contribution in [-0.4, -0.2) is 61.0 Å². The van der Waals surface area contributed by atoms with Crippen molar-refractivity contribution in [1.29, 1.82) is 0 Å². The molecular weight excluding hydrogens is 264 g/mol. The van der Waals surface area contributed by atoms with E-state index < -0.39 is 0 Å². The molecule has 2 N–H and O–H groups in total. The summed E-state index contributed by atoms with van der Waals surface area (Å²) >= 11 is 0. The molecule has 0 aliphatic heterocycles. The summed E-state index contributed by atoms with van der Waals surface area (Å²) in [6.45, 7) is 7.36. The van der Waals surface area contributed by atoms with Gasteiger partial charge in [-0.3, -0.25) is 0 Å².